The third kappa shape index (κ3) is 5.35. The van der Waals surface area contributed by atoms with Crippen molar-refractivity contribution in [2.75, 3.05) is 34.8 Å². The molecule has 1 aromatic heterocycles. The van der Waals surface area contributed by atoms with Crippen LogP contribution in [-0.4, -0.2) is 96.9 Å². The van der Waals surface area contributed by atoms with Crippen molar-refractivity contribution in [2.45, 2.75) is 84.5 Å². The van der Waals surface area contributed by atoms with Crippen LogP contribution in [0.25, 0.3) is 0 Å². The van der Waals surface area contributed by atoms with E-state index >= 15 is 0 Å². The number of hydrogen-bond acceptors (Lipinski definition) is 10. The molecule has 0 aliphatic heterocycles. The van der Waals surface area contributed by atoms with Crippen LogP contribution in [0.2, 0.25) is 0 Å². The molecule has 1 aromatic rings. The van der Waals surface area contributed by atoms with Gasteiger partial charge < -0.3 is 29.9 Å². The van der Waals surface area contributed by atoms with Gasteiger partial charge in [0.15, 0.2) is 6.10 Å². The van der Waals surface area contributed by atoms with Crippen LogP contribution in [0.1, 0.15) is 82.4 Å². The summed E-state index contributed by atoms with van der Waals surface area (Å²) >= 11 is 1.25. The number of thiazole rings is 1. The van der Waals surface area contributed by atoms with Crippen molar-refractivity contribution in [2.24, 2.45) is 46.8 Å². The maximum Gasteiger partial charge on any atom is 0.312 e. The number of nitrogens with zero attached hydrogens (tertiary/aromatic N) is 3. The van der Waals surface area contributed by atoms with Gasteiger partial charge in [-0.15, -0.1) is 11.3 Å². The first-order valence-corrected chi connectivity index (χ1v) is 17.7. The number of nitrogens with one attached hydrogen (secondary N) is 2. The van der Waals surface area contributed by atoms with Crippen molar-refractivity contribution in [1.82, 2.24) is 25.4 Å². The molecule has 0 saturated heterocycles. The number of esters is 2. The number of hydrogen-bond donors (Lipinski definition) is 2. The van der Waals surface area contributed by atoms with E-state index in [2.05, 4.69) is 22.5 Å². The van der Waals surface area contributed by atoms with E-state index in [1.54, 1.807) is 36.3 Å². The number of carbonyl (C=O) groups is 5. The Labute approximate surface area is 281 Å². The highest BCUT2D eigenvalue weighted by Crippen LogP contribution is 2.93. The predicted molar refractivity (Wildman–Crippen MR) is 175 cm³/mol. The molecule has 47 heavy (non-hydrogen) atoms. The molecule has 3 amide bonds. The Kier molecular flexibility index (Phi) is 9.57. The SMILES string of the molecule is CCC(C)[C@H](NC(=O)CN(C)C)C(=O)N(C)[C@H](C[C@@H](OC(C)=O)c1nc(C(=O)NC23C(C)C4C2C2C3C[C@]42C(=O)OC)cs1)C(C)C. The van der Waals surface area contributed by atoms with E-state index in [1.807, 2.05) is 27.7 Å². The zero-order valence-corrected chi connectivity index (χ0v) is 30.1. The van der Waals surface area contributed by atoms with Crippen molar-refractivity contribution >= 4 is 41.0 Å². The minimum Gasteiger partial charge on any atom is -0.469 e. The van der Waals surface area contributed by atoms with E-state index in [0.29, 0.717) is 23.3 Å². The van der Waals surface area contributed by atoms with E-state index in [-0.39, 0.29) is 88.9 Å². The Morgan fingerprint density at radius 1 is 1.11 bits per heavy atom. The Hall–Kier alpha value is -3.06. The lowest BCUT2D eigenvalue weighted by atomic mass is 9.09. The first-order valence-electron chi connectivity index (χ1n) is 16.8. The number of aromatic nitrogens is 1. The lowest BCUT2D eigenvalue weighted by Gasteiger charge is -2.95. The molecule has 4 aliphatic carbocycles. The van der Waals surface area contributed by atoms with E-state index < -0.39 is 18.1 Å². The monoisotopic (exact) mass is 673 g/mol. The molecule has 11 atom stereocenters. The standard InChI is InChI=1S/C34H51N5O7S/c1-11-17(4)28(36-24(41)14-38(7)8)31(43)39(9)22(16(2)3)12-23(46-19(6)40)30-35-21(15-47-30)29(42)37-34-18(5)25-27(34)26-20(34)13-33(25,26)32(44)45-10/h15-18,20,22-23,25-28H,11-14H2,1-10H3,(H,36,41)(H,37,42)/t17?,18?,20?,22-,23-,25?,26?,27?,28+,33+,34?/m1/s1. The Morgan fingerprint density at radius 3 is 2.30 bits per heavy atom. The predicted octanol–water partition coefficient (Wildman–Crippen LogP) is 2.89. The number of likely N-dealkylation sites (N-methyl/N-ethyl adjacent to an activating group) is 2. The van der Waals surface area contributed by atoms with E-state index in [0.717, 1.165) is 6.42 Å². The van der Waals surface area contributed by atoms with Gasteiger partial charge in [-0.05, 0) is 61.9 Å². The van der Waals surface area contributed by atoms with Gasteiger partial charge in [0.2, 0.25) is 11.8 Å². The second kappa shape index (κ2) is 12.8. The molecule has 0 bridgehead atoms. The molecule has 4 fully saturated rings. The highest BCUT2D eigenvalue weighted by molar-refractivity contribution is 7.09. The number of amides is 3. The largest absolute Gasteiger partial charge is 0.469 e. The molecule has 2 N–H and O–H groups in total. The molecule has 5 rings (SSSR count). The van der Waals surface area contributed by atoms with Gasteiger partial charge in [0.05, 0.1) is 19.1 Å². The number of ether oxygens (including phenoxy) is 2. The highest BCUT2D eigenvalue weighted by atomic mass is 32.1. The van der Waals surface area contributed by atoms with Crippen molar-refractivity contribution in [3.8, 4) is 0 Å². The maximum absolute atomic E-state index is 13.9. The molecule has 1 heterocycles. The molecular formula is C34H51N5O7S. The summed E-state index contributed by atoms with van der Waals surface area (Å²) in [4.78, 5) is 73.0. The maximum atomic E-state index is 13.9. The lowest BCUT2D eigenvalue weighted by Crippen LogP contribution is -3.01. The lowest BCUT2D eigenvalue weighted by molar-refractivity contribution is -0.456. The Balaban J connectivity index is 1.29. The average Bonchev–Trinajstić information content (AvgIpc) is 3.50. The van der Waals surface area contributed by atoms with E-state index in [1.165, 1.54) is 25.4 Å². The normalized spacial score (nSPS) is 31.8. The number of fused-ring (bicyclic) bond motifs is 2. The third-order valence-corrected chi connectivity index (χ3v) is 12.9. The second-order valence-corrected chi connectivity index (χ2v) is 15.8. The van der Waals surface area contributed by atoms with Crippen LogP contribution in [0.5, 0.6) is 0 Å². The van der Waals surface area contributed by atoms with Gasteiger partial charge >= 0.3 is 11.9 Å². The molecule has 4 saturated carbocycles. The summed E-state index contributed by atoms with van der Waals surface area (Å²) in [6, 6.07) is -1.06. The summed E-state index contributed by atoms with van der Waals surface area (Å²) in [5.74, 6) is -0.103. The molecule has 4 aliphatic rings. The average molecular weight is 674 g/mol. The summed E-state index contributed by atoms with van der Waals surface area (Å²) in [6.07, 6.45) is 0.960. The molecule has 12 nitrogen and oxygen atoms in total. The van der Waals surface area contributed by atoms with Crippen LogP contribution >= 0.6 is 11.3 Å². The van der Waals surface area contributed by atoms with Crippen molar-refractivity contribution < 1.29 is 33.4 Å². The smallest absolute Gasteiger partial charge is 0.312 e. The van der Waals surface area contributed by atoms with Gasteiger partial charge in [-0.1, -0.05) is 41.0 Å². The van der Waals surface area contributed by atoms with Crippen LogP contribution in [0, 0.1) is 46.8 Å². The Morgan fingerprint density at radius 2 is 1.79 bits per heavy atom. The van der Waals surface area contributed by atoms with Crippen molar-refractivity contribution in [3.63, 3.8) is 0 Å². The quantitative estimate of drug-likeness (QED) is 0.268. The van der Waals surface area contributed by atoms with Gasteiger partial charge in [0.25, 0.3) is 5.91 Å². The first-order chi connectivity index (χ1) is 22.1. The van der Waals surface area contributed by atoms with Crippen LogP contribution < -0.4 is 10.6 Å². The van der Waals surface area contributed by atoms with E-state index in [4.69, 9.17) is 9.47 Å². The molecule has 0 radical (unpaired) electrons. The molecule has 0 spiro atoms. The van der Waals surface area contributed by atoms with Crippen LogP contribution in [-0.2, 0) is 28.7 Å². The number of carbonyl (C=O) groups excluding carboxylic acids is 5. The topological polar surface area (TPSA) is 147 Å². The van der Waals surface area contributed by atoms with Crippen LogP contribution in [0.3, 0.4) is 0 Å². The molecule has 7 unspecified atom stereocenters. The Bertz CT molecular complexity index is 1410. The second-order valence-electron chi connectivity index (χ2n) is 14.9. The minimum absolute atomic E-state index is 0.0134. The molecule has 13 heteroatoms. The number of rotatable bonds is 15. The summed E-state index contributed by atoms with van der Waals surface area (Å²) in [5, 5.41) is 8.42. The van der Waals surface area contributed by atoms with Crippen LogP contribution in [0.4, 0.5) is 0 Å². The third-order valence-electron chi connectivity index (χ3n) is 12.0. The summed E-state index contributed by atoms with van der Waals surface area (Å²) in [6.45, 7) is 11.5. The molecule has 0 aromatic carbocycles. The minimum atomic E-state index is -0.774. The molecule has 260 valence electrons. The van der Waals surface area contributed by atoms with Crippen LogP contribution in [0.15, 0.2) is 5.38 Å². The summed E-state index contributed by atoms with van der Waals surface area (Å²) < 4.78 is 10.9. The first kappa shape index (κ1) is 35.3. The van der Waals surface area contributed by atoms with Gasteiger partial charge in [-0.25, -0.2) is 4.98 Å². The highest BCUT2D eigenvalue weighted by Gasteiger charge is 2.97. The van der Waals surface area contributed by atoms with E-state index in [9.17, 15) is 24.0 Å². The van der Waals surface area contributed by atoms with Gasteiger partial charge in [-0.3, -0.25) is 24.0 Å². The fraction of sp³-hybridized carbons (Fsp3) is 0.765. The van der Waals surface area contributed by atoms with Gasteiger partial charge in [0.1, 0.15) is 16.7 Å². The van der Waals surface area contributed by atoms with Gasteiger partial charge in [-0.2, -0.15) is 0 Å². The van der Waals surface area contributed by atoms with Crippen molar-refractivity contribution in [1.29, 1.82) is 0 Å². The zero-order valence-electron chi connectivity index (χ0n) is 29.3. The molecular weight excluding hydrogens is 622 g/mol. The zero-order chi connectivity index (χ0) is 34.7. The summed E-state index contributed by atoms with van der Waals surface area (Å²) in [5.41, 5.74) is -0.393. The van der Waals surface area contributed by atoms with Gasteiger partial charge in [0, 0.05) is 37.4 Å². The summed E-state index contributed by atoms with van der Waals surface area (Å²) in [7, 11) is 6.77. The fourth-order valence-electron chi connectivity index (χ4n) is 9.65. The fourth-order valence-corrected chi connectivity index (χ4v) is 10.5. The van der Waals surface area contributed by atoms with Crippen molar-refractivity contribution in [3.05, 3.63) is 16.1 Å². The number of methoxy groups -OCH3 is 1.